The van der Waals surface area contributed by atoms with Crippen LogP contribution >= 0.6 is 0 Å². The van der Waals surface area contributed by atoms with E-state index in [9.17, 15) is 9.59 Å². The monoisotopic (exact) mass is 250 g/mol. The molecule has 0 bridgehead atoms. The highest BCUT2D eigenvalue weighted by Crippen LogP contribution is 2.05. The summed E-state index contributed by atoms with van der Waals surface area (Å²) in [5.74, 6) is 0. The highest BCUT2D eigenvalue weighted by Gasteiger charge is 2.09. The van der Waals surface area contributed by atoms with Crippen LogP contribution in [0.25, 0.3) is 10.8 Å². The maximum Gasteiger partial charge on any atom is 0.254 e. The topological polar surface area (TPSA) is 58.5 Å². The number of para-hydroxylation sites is 1. The molecule has 92 valence electrons. The van der Waals surface area contributed by atoms with Gasteiger partial charge in [0.25, 0.3) is 5.43 Å². The molecule has 0 amide bonds. The molecule has 3 rings (SSSR count). The first-order valence-electron chi connectivity index (χ1n) is 5.84. The summed E-state index contributed by atoms with van der Waals surface area (Å²) in [6.07, 6.45) is 0. The van der Waals surface area contributed by atoms with Gasteiger partial charge in [0.15, 0.2) is 0 Å². The number of nitrogens with zero attached hydrogens (tertiary/aromatic N) is 1. The van der Waals surface area contributed by atoms with E-state index in [4.69, 9.17) is 0 Å². The molecule has 0 radical (unpaired) electrons. The van der Waals surface area contributed by atoms with Crippen LogP contribution in [0.2, 0.25) is 0 Å². The van der Waals surface area contributed by atoms with Crippen LogP contribution in [0, 0.1) is 0 Å². The van der Waals surface area contributed by atoms with Gasteiger partial charge in [0.1, 0.15) is 5.36 Å². The molecule has 0 spiro atoms. The Labute approximate surface area is 108 Å². The summed E-state index contributed by atoms with van der Waals surface area (Å²) >= 11 is 0. The summed E-state index contributed by atoms with van der Waals surface area (Å²) in [6.45, 7) is 0. The van der Waals surface area contributed by atoms with Gasteiger partial charge in [0.2, 0.25) is 5.43 Å². The molecule has 3 aromatic carbocycles. The molecule has 0 saturated heterocycles. The second-order valence-corrected chi connectivity index (χ2v) is 4.14. The Hall–Kier alpha value is -2.75. The SMILES string of the molecule is O=c1c(=O)c2ccccc2c1=NNc1ccccc1. The average Bonchev–Trinajstić information content (AvgIpc) is 2.71. The molecule has 19 heavy (non-hydrogen) atoms. The first-order chi connectivity index (χ1) is 9.27. The molecule has 0 aromatic heterocycles. The van der Waals surface area contributed by atoms with Gasteiger partial charge in [-0.3, -0.25) is 15.0 Å². The van der Waals surface area contributed by atoms with Crippen LogP contribution in [0.4, 0.5) is 5.69 Å². The molecule has 0 aliphatic heterocycles. The number of rotatable bonds is 2. The zero-order valence-electron chi connectivity index (χ0n) is 9.96. The van der Waals surface area contributed by atoms with Crippen molar-refractivity contribution in [3.8, 4) is 0 Å². The number of hydrogen-bond acceptors (Lipinski definition) is 4. The van der Waals surface area contributed by atoms with Crippen LogP contribution in [0.5, 0.6) is 0 Å². The third-order valence-electron chi connectivity index (χ3n) is 2.92. The molecule has 0 fully saturated rings. The minimum absolute atomic E-state index is 0.171. The molecule has 0 atom stereocenters. The quantitative estimate of drug-likeness (QED) is 0.552. The van der Waals surface area contributed by atoms with Crippen molar-refractivity contribution < 1.29 is 0 Å². The first-order valence-corrected chi connectivity index (χ1v) is 5.84. The van der Waals surface area contributed by atoms with Gasteiger partial charge < -0.3 is 0 Å². The van der Waals surface area contributed by atoms with Crippen molar-refractivity contribution in [3.05, 3.63) is 80.4 Å². The van der Waals surface area contributed by atoms with Gasteiger partial charge in [-0.15, -0.1) is 0 Å². The predicted molar refractivity (Wildman–Crippen MR) is 74.5 cm³/mol. The Bertz CT molecular complexity index is 876. The standard InChI is InChI=1S/C15H10N2O2/c18-14-12-9-5-4-8-11(12)13(15(14)19)17-16-10-6-2-1-3-7-10/h1-9,16H. The number of hydrogen-bond donors (Lipinski definition) is 1. The fraction of sp³-hybridized carbons (Fsp3) is 0. The lowest BCUT2D eigenvalue weighted by Crippen LogP contribution is -2.31. The first kappa shape index (κ1) is 11.3. The molecule has 0 unspecified atom stereocenters. The molecule has 3 aromatic rings. The van der Waals surface area contributed by atoms with E-state index >= 15 is 0 Å². The van der Waals surface area contributed by atoms with Crippen LogP contribution in [0.1, 0.15) is 0 Å². The van der Waals surface area contributed by atoms with Gasteiger partial charge >= 0.3 is 0 Å². The second kappa shape index (κ2) is 4.49. The number of benzene rings is 2. The summed E-state index contributed by atoms with van der Waals surface area (Å²) in [7, 11) is 0. The third-order valence-corrected chi connectivity index (χ3v) is 2.92. The molecule has 4 heteroatoms. The van der Waals surface area contributed by atoms with Gasteiger partial charge in [0.05, 0.1) is 5.69 Å². The van der Waals surface area contributed by atoms with Gasteiger partial charge in [-0.05, 0) is 12.1 Å². The smallest absolute Gasteiger partial charge is 0.254 e. The van der Waals surface area contributed by atoms with Crippen molar-refractivity contribution in [1.29, 1.82) is 0 Å². The number of nitrogens with one attached hydrogen (secondary N) is 1. The summed E-state index contributed by atoms with van der Waals surface area (Å²) in [6, 6.07) is 16.1. The van der Waals surface area contributed by atoms with Crippen LogP contribution in [0.3, 0.4) is 0 Å². The predicted octanol–water partition coefficient (Wildman–Crippen LogP) is 1.36. The summed E-state index contributed by atoms with van der Waals surface area (Å²) in [5.41, 5.74) is 2.50. The van der Waals surface area contributed by atoms with Gasteiger partial charge in [0, 0.05) is 10.8 Å². The Morgan fingerprint density at radius 1 is 0.737 bits per heavy atom. The lowest BCUT2D eigenvalue weighted by molar-refractivity contribution is 1.22. The lowest BCUT2D eigenvalue weighted by atomic mass is 10.2. The van der Waals surface area contributed by atoms with E-state index in [2.05, 4.69) is 10.5 Å². The molecule has 4 nitrogen and oxygen atoms in total. The molecule has 0 aliphatic rings. The van der Waals surface area contributed by atoms with E-state index < -0.39 is 10.9 Å². The van der Waals surface area contributed by atoms with Gasteiger partial charge in [-0.2, -0.15) is 5.10 Å². The number of fused-ring (bicyclic) bond motifs is 1. The Balaban J connectivity index is 2.18. The Kier molecular flexibility index (Phi) is 2.68. The third kappa shape index (κ3) is 1.93. The molecular weight excluding hydrogens is 240 g/mol. The van der Waals surface area contributed by atoms with Crippen LogP contribution in [-0.2, 0) is 0 Å². The van der Waals surface area contributed by atoms with Gasteiger partial charge in [-0.25, -0.2) is 0 Å². The highest BCUT2D eigenvalue weighted by molar-refractivity contribution is 5.83. The zero-order valence-corrected chi connectivity index (χ0v) is 9.96. The maximum atomic E-state index is 11.9. The van der Waals surface area contributed by atoms with Crippen LogP contribution < -0.4 is 21.6 Å². The lowest BCUT2D eigenvalue weighted by Gasteiger charge is -1.97. The van der Waals surface area contributed by atoms with Crippen LogP contribution in [-0.4, -0.2) is 0 Å². The van der Waals surface area contributed by atoms with Crippen molar-refractivity contribution in [2.45, 2.75) is 0 Å². The van der Waals surface area contributed by atoms with E-state index in [-0.39, 0.29) is 5.36 Å². The molecule has 1 N–H and O–H groups in total. The van der Waals surface area contributed by atoms with E-state index in [1.54, 1.807) is 24.3 Å². The Morgan fingerprint density at radius 3 is 2.11 bits per heavy atom. The van der Waals surface area contributed by atoms with E-state index in [1.807, 2.05) is 30.3 Å². The van der Waals surface area contributed by atoms with Crippen molar-refractivity contribution in [3.63, 3.8) is 0 Å². The molecular formula is C15H10N2O2. The fourth-order valence-electron chi connectivity index (χ4n) is 1.98. The maximum absolute atomic E-state index is 11.9. The second-order valence-electron chi connectivity index (χ2n) is 4.14. The minimum atomic E-state index is -0.565. The number of anilines is 1. The van der Waals surface area contributed by atoms with Crippen molar-refractivity contribution >= 4 is 16.5 Å². The zero-order chi connectivity index (χ0) is 13.2. The molecule has 0 saturated carbocycles. The van der Waals surface area contributed by atoms with Crippen molar-refractivity contribution in [2.75, 3.05) is 5.43 Å². The van der Waals surface area contributed by atoms with Crippen molar-refractivity contribution in [1.82, 2.24) is 0 Å². The summed E-state index contributed by atoms with van der Waals surface area (Å²) < 4.78 is 0. The minimum Gasteiger partial charge on any atom is -0.285 e. The fourth-order valence-corrected chi connectivity index (χ4v) is 1.98. The largest absolute Gasteiger partial charge is 0.285 e. The van der Waals surface area contributed by atoms with E-state index in [0.29, 0.717) is 10.8 Å². The average molecular weight is 250 g/mol. The van der Waals surface area contributed by atoms with Crippen LogP contribution in [0.15, 0.2) is 69.3 Å². The van der Waals surface area contributed by atoms with E-state index in [0.717, 1.165) is 5.69 Å². The van der Waals surface area contributed by atoms with Gasteiger partial charge in [-0.1, -0.05) is 42.5 Å². The highest BCUT2D eigenvalue weighted by atomic mass is 16.2. The summed E-state index contributed by atoms with van der Waals surface area (Å²) in [4.78, 5) is 23.6. The normalized spacial score (nSPS) is 11.9. The molecule has 0 heterocycles. The van der Waals surface area contributed by atoms with Crippen molar-refractivity contribution in [2.24, 2.45) is 5.10 Å². The molecule has 0 aliphatic carbocycles. The van der Waals surface area contributed by atoms with E-state index in [1.165, 1.54) is 0 Å². The summed E-state index contributed by atoms with van der Waals surface area (Å²) in [5, 5.41) is 5.24. The Morgan fingerprint density at radius 2 is 1.37 bits per heavy atom.